The number of thiophene rings is 1. The average molecular weight is 451 g/mol. The molecule has 0 atom stereocenters. The second-order valence-electron chi connectivity index (χ2n) is 7.73. The first kappa shape index (κ1) is 21.2. The second-order valence-corrected chi connectivity index (χ2v) is 9.24. The normalized spacial score (nSPS) is 17.1. The van der Waals surface area contributed by atoms with Crippen LogP contribution in [0.4, 0.5) is 9.39 Å². The number of nitrogens with one attached hydrogen (secondary N) is 1. The van der Waals surface area contributed by atoms with E-state index in [-0.39, 0.29) is 18.3 Å². The predicted octanol–water partition coefficient (Wildman–Crippen LogP) is 2.88. The van der Waals surface area contributed by atoms with Crippen LogP contribution in [0.3, 0.4) is 0 Å². The van der Waals surface area contributed by atoms with Gasteiger partial charge in [-0.3, -0.25) is 19.4 Å². The smallest absolute Gasteiger partial charge is 0.251 e. The Morgan fingerprint density at radius 2 is 1.90 bits per heavy atom. The zero-order valence-electron chi connectivity index (χ0n) is 16.5. The number of amides is 2. The van der Waals surface area contributed by atoms with E-state index >= 15 is 0 Å². The van der Waals surface area contributed by atoms with Crippen LogP contribution < -0.4 is 11.1 Å². The van der Waals surface area contributed by atoms with E-state index in [0.717, 1.165) is 42.8 Å². The number of carbonyl (C=O) groups excluding carboxylic acids is 2. The largest absolute Gasteiger partial charge is 0.365 e. The Kier molecular flexibility index (Phi) is 6.38. The van der Waals surface area contributed by atoms with Crippen LogP contribution in [0, 0.1) is 5.82 Å². The maximum atomic E-state index is 14.0. The highest BCUT2D eigenvalue weighted by Crippen LogP contribution is 2.38. The molecule has 160 valence electrons. The van der Waals surface area contributed by atoms with Crippen LogP contribution in [0.2, 0.25) is 5.02 Å². The summed E-state index contributed by atoms with van der Waals surface area (Å²) in [5.41, 5.74) is 7.55. The number of benzene rings is 1. The fourth-order valence-electron chi connectivity index (χ4n) is 4.13. The maximum absolute atomic E-state index is 14.0. The molecule has 1 fully saturated rings. The number of hydrogen-bond donors (Lipinski definition) is 2. The number of hydrogen-bond acceptors (Lipinski definition) is 5. The molecule has 3 N–H and O–H groups in total. The highest BCUT2D eigenvalue weighted by atomic mass is 35.5. The summed E-state index contributed by atoms with van der Waals surface area (Å²) in [5.74, 6) is -0.925. The molecule has 0 unspecified atom stereocenters. The van der Waals surface area contributed by atoms with Crippen LogP contribution in [0.1, 0.15) is 32.8 Å². The van der Waals surface area contributed by atoms with Gasteiger partial charge in [0.05, 0.1) is 12.1 Å². The molecule has 2 heterocycles. The van der Waals surface area contributed by atoms with E-state index in [1.165, 1.54) is 17.4 Å². The standard InChI is InChI=1S/C21H24ClFN4O2S/c22-15-4-2-5-16(23)14(15)11-26-7-9-27(10-8-26)12-18(28)25-21-19(20(24)29)13-3-1-6-17(13)30-21/h2,4-5H,1,3,6-12H2,(H2,24,29)(H,25,28). The summed E-state index contributed by atoms with van der Waals surface area (Å²) in [7, 11) is 0. The Labute approximate surface area is 183 Å². The zero-order chi connectivity index (χ0) is 21.3. The van der Waals surface area contributed by atoms with Crippen molar-refractivity contribution in [2.75, 3.05) is 38.0 Å². The molecule has 0 saturated carbocycles. The lowest BCUT2D eigenvalue weighted by atomic mass is 10.1. The third-order valence-corrected chi connectivity index (χ3v) is 7.26. The van der Waals surface area contributed by atoms with Gasteiger partial charge in [-0.25, -0.2) is 4.39 Å². The van der Waals surface area contributed by atoms with Gasteiger partial charge < -0.3 is 11.1 Å². The van der Waals surface area contributed by atoms with E-state index < -0.39 is 5.91 Å². The van der Waals surface area contributed by atoms with Gasteiger partial charge in [0.15, 0.2) is 0 Å². The van der Waals surface area contributed by atoms with Crippen molar-refractivity contribution in [1.29, 1.82) is 0 Å². The van der Waals surface area contributed by atoms with Crippen LogP contribution in [0.5, 0.6) is 0 Å². The molecule has 0 spiro atoms. The summed E-state index contributed by atoms with van der Waals surface area (Å²) >= 11 is 7.59. The number of piperazine rings is 1. The summed E-state index contributed by atoms with van der Waals surface area (Å²) in [4.78, 5) is 29.8. The van der Waals surface area contributed by atoms with Gasteiger partial charge in [0.1, 0.15) is 10.8 Å². The number of rotatable bonds is 6. The Bertz CT molecular complexity index is 952. The molecule has 6 nitrogen and oxygen atoms in total. The van der Waals surface area contributed by atoms with Crippen LogP contribution in [-0.4, -0.2) is 54.3 Å². The Morgan fingerprint density at radius 1 is 1.17 bits per heavy atom. The second kappa shape index (κ2) is 9.01. The predicted molar refractivity (Wildman–Crippen MR) is 117 cm³/mol. The molecule has 30 heavy (non-hydrogen) atoms. The van der Waals surface area contributed by atoms with Crippen molar-refractivity contribution in [3.63, 3.8) is 0 Å². The van der Waals surface area contributed by atoms with Crippen molar-refractivity contribution >= 4 is 39.8 Å². The van der Waals surface area contributed by atoms with Crippen molar-refractivity contribution in [2.24, 2.45) is 5.73 Å². The Hall–Kier alpha value is -2.00. The minimum absolute atomic E-state index is 0.150. The summed E-state index contributed by atoms with van der Waals surface area (Å²) in [5, 5.41) is 3.90. The van der Waals surface area contributed by atoms with Crippen molar-refractivity contribution in [3.05, 3.63) is 50.6 Å². The van der Waals surface area contributed by atoms with Crippen molar-refractivity contribution in [3.8, 4) is 0 Å². The molecule has 2 aromatic rings. The first-order valence-electron chi connectivity index (χ1n) is 10.0. The maximum Gasteiger partial charge on any atom is 0.251 e. The topological polar surface area (TPSA) is 78.7 Å². The molecular weight excluding hydrogens is 427 g/mol. The number of nitrogens with two attached hydrogens (primary N) is 1. The third kappa shape index (κ3) is 4.51. The molecule has 4 rings (SSSR count). The van der Waals surface area contributed by atoms with Gasteiger partial charge in [0, 0.05) is 48.2 Å². The highest BCUT2D eigenvalue weighted by Gasteiger charge is 2.27. The zero-order valence-corrected chi connectivity index (χ0v) is 18.1. The van der Waals surface area contributed by atoms with Crippen molar-refractivity contribution in [2.45, 2.75) is 25.8 Å². The van der Waals surface area contributed by atoms with Gasteiger partial charge in [0.2, 0.25) is 5.91 Å². The fourth-order valence-corrected chi connectivity index (χ4v) is 5.67. The van der Waals surface area contributed by atoms with E-state index in [2.05, 4.69) is 15.1 Å². The molecule has 1 saturated heterocycles. The lowest BCUT2D eigenvalue weighted by Gasteiger charge is -2.34. The van der Waals surface area contributed by atoms with Crippen molar-refractivity contribution < 1.29 is 14.0 Å². The van der Waals surface area contributed by atoms with Crippen LogP contribution in [-0.2, 0) is 24.2 Å². The summed E-state index contributed by atoms with van der Waals surface area (Å²) in [6.45, 7) is 3.53. The molecule has 0 bridgehead atoms. The lowest BCUT2D eigenvalue weighted by molar-refractivity contribution is -0.117. The molecule has 1 aromatic heterocycles. The van der Waals surface area contributed by atoms with Gasteiger partial charge in [-0.2, -0.15) is 0 Å². The Morgan fingerprint density at radius 3 is 2.60 bits per heavy atom. The Balaban J connectivity index is 1.31. The number of halogens is 2. The monoisotopic (exact) mass is 450 g/mol. The number of primary amides is 1. The summed E-state index contributed by atoms with van der Waals surface area (Å²) in [6.07, 6.45) is 2.80. The average Bonchev–Trinajstić information content (AvgIpc) is 3.26. The number of aryl methyl sites for hydroxylation is 1. The molecule has 2 aliphatic rings. The van der Waals surface area contributed by atoms with Gasteiger partial charge in [-0.05, 0) is 37.0 Å². The number of fused-ring (bicyclic) bond motifs is 1. The van der Waals surface area contributed by atoms with E-state index in [0.29, 0.717) is 40.8 Å². The summed E-state index contributed by atoms with van der Waals surface area (Å²) < 4.78 is 14.0. The number of carbonyl (C=O) groups is 2. The molecule has 1 aliphatic carbocycles. The molecular formula is C21H24ClFN4O2S. The van der Waals surface area contributed by atoms with E-state index in [1.54, 1.807) is 12.1 Å². The minimum atomic E-state index is -0.481. The van der Waals surface area contributed by atoms with Crippen LogP contribution in [0.25, 0.3) is 0 Å². The van der Waals surface area contributed by atoms with Gasteiger partial charge >= 0.3 is 0 Å². The van der Waals surface area contributed by atoms with Crippen LogP contribution in [0.15, 0.2) is 18.2 Å². The third-order valence-electron chi connectivity index (χ3n) is 5.70. The molecule has 1 aromatic carbocycles. The first-order chi connectivity index (χ1) is 14.4. The van der Waals surface area contributed by atoms with E-state index in [4.69, 9.17) is 17.3 Å². The van der Waals surface area contributed by atoms with Gasteiger partial charge in [-0.15, -0.1) is 11.3 Å². The lowest BCUT2D eigenvalue weighted by Crippen LogP contribution is -2.48. The first-order valence-corrected chi connectivity index (χ1v) is 11.2. The highest BCUT2D eigenvalue weighted by molar-refractivity contribution is 7.17. The fraction of sp³-hybridized carbons (Fsp3) is 0.429. The van der Waals surface area contributed by atoms with E-state index in [1.807, 2.05) is 0 Å². The minimum Gasteiger partial charge on any atom is -0.365 e. The van der Waals surface area contributed by atoms with Gasteiger partial charge in [-0.1, -0.05) is 17.7 Å². The number of nitrogens with zero attached hydrogens (tertiary/aromatic N) is 2. The van der Waals surface area contributed by atoms with Crippen molar-refractivity contribution in [1.82, 2.24) is 9.80 Å². The molecule has 2 amide bonds. The quantitative estimate of drug-likeness (QED) is 0.709. The molecule has 0 radical (unpaired) electrons. The summed E-state index contributed by atoms with van der Waals surface area (Å²) in [6, 6.07) is 4.72. The number of anilines is 1. The van der Waals surface area contributed by atoms with Crippen LogP contribution >= 0.6 is 22.9 Å². The molecule has 9 heteroatoms. The molecule has 1 aliphatic heterocycles. The van der Waals surface area contributed by atoms with Gasteiger partial charge in [0.25, 0.3) is 5.91 Å². The van der Waals surface area contributed by atoms with E-state index in [9.17, 15) is 14.0 Å². The SMILES string of the molecule is NC(=O)c1c(NC(=O)CN2CCN(Cc3c(F)cccc3Cl)CC2)sc2c1CCC2.